The van der Waals surface area contributed by atoms with Gasteiger partial charge in [0.2, 0.25) is 5.88 Å². The van der Waals surface area contributed by atoms with E-state index in [2.05, 4.69) is 31.2 Å². The number of nitrogens with one attached hydrogen (secondary N) is 1. The Hall–Kier alpha value is -2.22. The van der Waals surface area contributed by atoms with E-state index in [9.17, 15) is 10.1 Å². The molecular weight excluding hydrogens is 316 g/mol. The lowest BCUT2D eigenvalue weighted by atomic mass is 10.3. The third-order valence-corrected chi connectivity index (χ3v) is 2.86. The Morgan fingerprint density at radius 1 is 1.42 bits per heavy atom. The summed E-state index contributed by atoms with van der Waals surface area (Å²) in [7, 11) is 1.71. The van der Waals surface area contributed by atoms with E-state index in [0.29, 0.717) is 16.0 Å². The molecule has 8 heteroatoms. The van der Waals surface area contributed by atoms with Crippen molar-refractivity contribution in [1.29, 1.82) is 0 Å². The zero-order valence-corrected chi connectivity index (χ0v) is 11.4. The molecule has 0 saturated heterocycles. The summed E-state index contributed by atoms with van der Waals surface area (Å²) in [5, 5.41) is 13.5. The first-order valence-electron chi connectivity index (χ1n) is 5.21. The second-order valence-corrected chi connectivity index (χ2v) is 4.32. The Balaban J connectivity index is 2.31. The Kier molecular flexibility index (Phi) is 3.91. The van der Waals surface area contributed by atoms with E-state index in [1.165, 1.54) is 24.5 Å². The molecule has 0 aliphatic carbocycles. The summed E-state index contributed by atoms with van der Waals surface area (Å²) in [4.78, 5) is 18.3. The second-order valence-electron chi connectivity index (χ2n) is 3.47. The van der Waals surface area contributed by atoms with Crippen LogP contribution in [0.2, 0.25) is 0 Å². The van der Waals surface area contributed by atoms with Crippen molar-refractivity contribution in [3.05, 3.63) is 45.2 Å². The maximum absolute atomic E-state index is 10.7. The molecule has 98 valence electrons. The number of benzene rings is 1. The summed E-state index contributed by atoms with van der Waals surface area (Å²) in [6, 6.07) is 4.24. The molecule has 1 N–H and O–H groups in total. The SMILES string of the molecule is CNc1cncc(Oc2cc([N+](=O)[O-])ccc2Br)n1. The first-order chi connectivity index (χ1) is 9.10. The van der Waals surface area contributed by atoms with Crippen molar-refractivity contribution in [2.24, 2.45) is 0 Å². The molecule has 0 saturated carbocycles. The van der Waals surface area contributed by atoms with Crippen molar-refractivity contribution >= 4 is 27.4 Å². The molecular formula is C11H9BrN4O3. The van der Waals surface area contributed by atoms with Gasteiger partial charge in [-0.15, -0.1) is 0 Å². The molecule has 1 aromatic heterocycles. The molecule has 2 aromatic rings. The monoisotopic (exact) mass is 324 g/mol. The number of halogens is 1. The number of non-ortho nitro benzene ring substituents is 1. The maximum atomic E-state index is 10.7. The summed E-state index contributed by atoms with van der Waals surface area (Å²) < 4.78 is 6.07. The maximum Gasteiger partial charge on any atom is 0.273 e. The zero-order valence-electron chi connectivity index (χ0n) is 9.83. The normalized spacial score (nSPS) is 10.0. The van der Waals surface area contributed by atoms with Crippen molar-refractivity contribution < 1.29 is 9.66 Å². The van der Waals surface area contributed by atoms with E-state index < -0.39 is 4.92 Å². The van der Waals surface area contributed by atoms with Crippen LogP contribution in [0, 0.1) is 10.1 Å². The van der Waals surface area contributed by atoms with Gasteiger partial charge < -0.3 is 10.1 Å². The number of aromatic nitrogens is 2. The van der Waals surface area contributed by atoms with Crippen LogP contribution in [0.5, 0.6) is 11.6 Å². The molecule has 0 unspecified atom stereocenters. The van der Waals surface area contributed by atoms with Crippen LogP contribution >= 0.6 is 15.9 Å². The summed E-state index contributed by atoms with van der Waals surface area (Å²) in [6.45, 7) is 0. The average Bonchev–Trinajstić information content (AvgIpc) is 2.41. The molecule has 0 bridgehead atoms. The van der Waals surface area contributed by atoms with Gasteiger partial charge in [0.15, 0.2) is 5.75 Å². The van der Waals surface area contributed by atoms with Gasteiger partial charge in [-0.2, -0.15) is 4.98 Å². The molecule has 0 aliphatic rings. The molecule has 0 radical (unpaired) electrons. The minimum absolute atomic E-state index is 0.0593. The quantitative estimate of drug-likeness (QED) is 0.686. The van der Waals surface area contributed by atoms with E-state index >= 15 is 0 Å². The van der Waals surface area contributed by atoms with Crippen molar-refractivity contribution in [3.63, 3.8) is 0 Å². The third-order valence-electron chi connectivity index (χ3n) is 2.21. The largest absolute Gasteiger partial charge is 0.436 e. The summed E-state index contributed by atoms with van der Waals surface area (Å²) >= 11 is 3.26. The lowest BCUT2D eigenvalue weighted by Gasteiger charge is -2.07. The van der Waals surface area contributed by atoms with Gasteiger partial charge in [0.25, 0.3) is 5.69 Å². The molecule has 0 aliphatic heterocycles. The van der Waals surface area contributed by atoms with Crippen LogP contribution in [-0.2, 0) is 0 Å². The fraction of sp³-hybridized carbons (Fsp3) is 0.0909. The van der Waals surface area contributed by atoms with Gasteiger partial charge in [-0.3, -0.25) is 15.1 Å². The van der Waals surface area contributed by atoms with Crippen LogP contribution in [0.4, 0.5) is 11.5 Å². The van der Waals surface area contributed by atoms with Gasteiger partial charge in [-0.1, -0.05) is 0 Å². The number of hydrogen-bond acceptors (Lipinski definition) is 6. The van der Waals surface area contributed by atoms with E-state index in [1.807, 2.05) is 0 Å². The number of hydrogen-bond donors (Lipinski definition) is 1. The van der Waals surface area contributed by atoms with E-state index in [1.54, 1.807) is 13.1 Å². The predicted octanol–water partition coefficient (Wildman–Crippen LogP) is 2.98. The summed E-state index contributed by atoms with van der Waals surface area (Å²) in [6.07, 6.45) is 2.96. The van der Waals surface area contributed by atoms with E-state index in [4.69, 9.17) is 4.74 Å². The predicted molar refractivity (Wildman–Crippen MR) is 72.4 cm³/mol. The zero-order chi connectivity index (χ0) is 13.8. The number of rotatable bonds is 4. The topological polar surface area (TPSA) is 90.2 Å². The number of anilines is 1. The molecule has 1 aromatic carbocycles. The van der Waals surface area contributed by atoms with Gasteiger partial charge in [0.05, 0.1) is 27.9 Å². The molecule has 0 amide bonds. The fourth-order valence-corrected chi connectivity index (χ4v) is 1.64. The average molecular weight is 325 g/mol. The van der Waals surface area contributed by atoms with Crippen LogP contribution in [0.25, 0.3) is 0 Å². The van der Waals surface area contributed by atoms with Crippen LogP contribution in [0.3, 0.4) is 0 Å². The number of nitrogens with zero attached hydrogens (tertiary/aromatic N) is 3. The van der Waals surface area contributed by atoms with Crippen LogP contribution in [0.1, 0.15) is 0 Å². The summed E-state index contributed by atoms with van der Waals surface area (Å²) in [5.41, 5.74) is -0.0593. The highest BCUT2D eigenvalue weighted by atomic mass is 79.9. The smallest absolute Gasteiger partial charge is 0.273 e. The molecule has 7 nitrogen and oxygen atoms in total. The number of nitro groups is 1. The molecule has 19 heavy (non-hydrogen) atoms. The Morgan fingerprint density at radius 2 is 2.21 bits per heavy atom. The van der Waals surface area contributed by atoms with E-state index in [-0.39, 0.29) is 11.6 Å². The number of nitro benzene ring substituents is 1. The van der Waals surface area contributed by atoms with Gasteiger partial charge in [-0.25, -0.2) is 0 Å². The van der Waals surface area contributed by atoms with Gasteiger partial charge >= 0.3 is 0 Å². The van der Waals surface area contributed by atoms with Gasteiger partial charge in [-0.05, 0) is 22.0 Å². The second kappa shape index (κ2) is 5.61. The molecule has 2 rings (SSSR count). The Morgan fingerprint density at radius 3 is 2.89 bits per heavy atom. The molecule has 1 heterocycles. The molecule has 0 fully saturated rings. The minimum Gasteiger partial charge on any atom is -0.436 e. The Labute approximate surface area is 116 Å². The molecule has 0 spiro atoms. The van der Waals surface area contributed by atoms with Crippen LogP contribution in [-0.4, -0.2) is 21.9 Å². The highest BCUT2D eigenvalue weighted by Gasteiger charge is 2.12. The van der Waals surface area contributed by atoms with Crippen molar-refractivity contribution in [2.45, 2.75) is 0 Å². The fourth-order valence-electron chi connectivity index (χ4n) is 1.31. The standard InChI is InChI=1S/C11H9BrN4O3/c1-13-10-5-14-6-11(15-10)19-9-4-7(16(17)18)2-3-8(9)12/h2-6H,1H3,(H,13,15). The minimum atomic E-state index is -0.491. The first kappa shape index (κ1) is 13.2. The number of ether oxygens (including phenoxy) is 1. The highest BCUT2D eigenvalue weighted by molar-refractivity contribution is 9.10. The highest BCUT2D eigenvalue weighted by Crippen LogP contribution is 2.32. The Bertz CT molecular complexity index is 621. The van der Waals surface area contributed by atoms with Crippen molar-refractivity contribution in [1.82, 2.24) is 9.97 Å². The van der Waals surface area contributed by atoms with Crippen molar-refractivity contribution in [2.75, 3.05) is 12.4 Å². The lowest BCUT2D eigenvalue weighted by Crippen LogP contribution is -1.96. The van der Waals surface area contributed by atoms with Gasteiger partial charge in [0.1, 0.15) is 5.82 Å². The molecule has 0 atom stereocenters. The van der Waals surface area contributed by atoms with Gasteiger partial charge in [0, 0.05) is 13.1 Å². The van der Waals surface area contributed by atoms with Crippen LogP contribution < -0.4 is 10.1 Å². The van der Waals surface area contributed by atoms with Crippen LogP contribution in [0.15, 0.2) is 35.1 Å². The van der Waals surface area contributed by atoms with E-state index in [0.717, 1.165) is 0 Å². The first-order valence-corrected chi connectivity index (χ1v) is 6.01. The van der Waals surface area contributed by atoms with Crippen molar-refractivity contribution in [3.8, 4) is 11.6 Å². The lowest BCUT2D eigenvalue weighted by molar-refractivity contribution is -0.384. The third kappa shape index (κ3) is 3.16. The summed E-state index contributed by atoms with van der Waals surface area (Å²) in [5.74, 6) is 1.09.